The number of unbranched alkanes of at least 4 members (excludes halogenated alkanes) is 6. The second kappa shape index (κ2) is 9.93. The Balaban J connectivity index is 1.90. The zero-order valence-corrected chi connectivity index (χ0v) is 11.6. The van der Waals surface area contributed by atoms with Crippen LogP contribution in [0.1, 0.15) is 70.5 Å². The van der Waals surface area contributed by atoms with E-state index in [0.29, 0.717) is 12.2 Å². The third-order valence-electron chi connectivity index (χ3n) is 3.29. The second-order valence-electron chi connectivity index (χ2n) is 4.99. The molecule has 0 bridgehead atoms. The van der Waals surface area contributed by atoms with E-state index in [1.165, 1.54) is 38.5 Å². The van der Waals surface area contributed by atoms with Crippen LogP contribution in [-0.4, -0.2) is 5.78 Å². The molecule has 2 heteroatoms. The van der Waals surface area contributed by atoms with Crippen molar-refractivity contribution in [2.45, 2.75) is 71.1 Å². The Morgan fingerprint density at radius 1 is 1.06 bits per heavy atom. The van der Waals surface area contributed by atoms with Gasteiger partial charge in [-0.05, 0) is 18.6 Å². The quantitative estimate of drug-likeness (QED) is 0.522. The number of hydrogen-bond donors (Lipinski definition) is 0. The van der Waals surface area contributed by atoms with E-state index in [1.54, 1.807) is 6.26 Å². The predicted molar refractivity (Wildman–Crippen MR) is 74.6 cm³/mol. The van der Waals surface area contributed by atoms with Crippen LogP contribution in [0, 0.1) is 0 Å². The standard InChI is InChI=1S/C16H26O2/c1-2-3-4-5-6-7-8-10-15(17)12-13-16-11-9-14-18-16/h9,11,14H,2-8,10,12-13H2,1H3. The average molecular weight is 250 g/mol. The number of ketones is 1. The zero-order valence-electron chi connectivity index (χ0n) is 11.6. The van der Waals surface area contributed by atoms with Crippen molar-refractivity contribution >= 4 is 5.78 Å². The molecule has 0 aliphatic carbocycles. The predicted octanol–water partition coefficient (Wildman–Crippen LogP) is 4.92. The van der Waals surface area contributed by atoms with E-state index in [2.05, 4.69) is 6.92 Å². The summed E-state index contributed by atoms with van der Waals surface area (Å²) in [6, 6.07) is 3.80. The van der Waals surface area contributed by atoms with Crippen molar-refractivity contribution in [3.8, 4) is 0 Å². The highest BCUT2D eigenvalue weighted by Crippen LogP contribution is 2.10. The van der Waals surface area contributed by atoms with Gasteiger partial charge in [0.25, 0.3) is 0 Å². The van der Waals surface area contributed by atoms with E-state index in [0.717, 1.165) is 25.0 Å². The average Bonchev–Trinajstić information content (AvgIpc) is 2.88. The van der Waals surface area contributed by atoms with E-state index in [9.17, 15) is 4.79 Å². The molecular formula is C16H26O2. The molecule has 0 amide bonds. The number of Topliss-reactive ketones (excluding diaryl/α,β-unsaturated/α-hetero) is 1. The summed E-state index contributed by atoms with van der Waals surface area (Å²) in [5.74, 6) is 1.29. The summed E-state index contributed by atoms with van der Waals surface area (Å²) in [5, 5.41) is 0. The fourth-order valence-electron chi connectivity index (χ4n) is 2.12. The van der Waals surface area contributed by atoms with Crippen LogP contribution in [0.5, 0.6) is 0 Å². The summed E-state index contributed by atoms with van der Waals surface area (Å²) in [6.07, 6.45) is 12.7. The molecule has 1 heterocycles. The molecule has 0 saturated carbocycles. The minimum Gasteiger partial charge on any atom is -0.469 e. The number of furan rings is 1. The Hall–Kier alpha value is -1.05. The smallest absolute Gasteiger partial charge is 0.133 e. The van der Waals surface area contributed by atoms with Crippen LogP contribution in [0.3, 0.4) is 0 Å². The van der Waals surface area contributed by atoms with Crippen molar-refractivity contribution in [3.05, 3.63) is 24.2 Å². The third kappa shape index (κ3) is 7.31. The van der Waals surface area contributed by atoms with Gasteiger partial charge in [0.2, 0.25) is 0 Å². The first-order chi connectivity index (χ1) is 8.83. The van der Waals surface area contributed by atoms with Crippen molar-refractivity contribution in [1.82, 2.24) is 0 Å². The van der Waals surface area contributed by atoms with E-state index < -0.39 is 0 Å². The summed E-state index contributed by atoms with van der Waals surface area (Å²) in [6.45, 7) is 2.23. The largest absolute Gasteiger partial charge is 0.469 e. The molecule has 0 aliphatic rings. The number of carbonyl (C=O) groups is 1. The first kappa shape index (κ1) is 15.0. The first-order valence-electron chi connectivity index (χ1n) is 7.37. The topological polar surface area (TPSA) is 30.2 Å². The van der Waals surface area contributed by atoms with Gasteiger partial charge in [-0.15, -0.1) is 0 Å². The van der Waals surface area contributed by atoms with Crippen molar-refractivity contribution < 1.29 is 9.21 Å². The molecule has 2 nitrogen and oxygen atoms in total. The number of aryl methyl sites for hydroxylation is 1. The van der Waals surface area contributed by atoms with Crippen molar-refractivity contribution in [2.24, 2.45) is 0 Å². The van der Waals surface area contributed by atoms with Gasteiger partial charge in [0.1, 0.15) is 11.5 Å². The highest BCUT2D eigenvalue weighted by molar-refractivity contribution is 5.78. The fraction of sp³-hybridized carbons (Fsp3) is 0.688. The molecule has 1 aromatic heterocycles. The molecule has 102 valence electrons. The van der Waals surface area contributed by atoms with Crippen molar-refractivity contribution in [3.63, 3.8) is 0 Å². The lowest BCUT2D eigenvalue weighted by Crippen LogP contribution is -1.99. The maximum Gasteiger partial charge on any atom is 0.133 e. The van der Waals surface area contributed by atoms with Gasteiger partial charge in [-0.2, -0.15) is 0 Å². The lowest BCUT2D eigenvalue weighted by molar-refractivity contribution is -0.119. The van der Waals surface area contributed by atoms with Crippen LogP contribution in [0.2, 0.25) is 0 Å². The zero-order chi connectivity index (χ0) is 13.1. The summed E-state index contributed by atoms with van der Waals surface area (Å²) < 4.78 is 5.21. The van der Waals surface area contributed by atoms with Gasteiger partial charge in [-0.25, -0.2) is 0 Å². The summed E-state index contributed by atoms with van der Waals surface area (Å²) in [5.41, 5.74) is 0. The molecule has 0 aromatic carbocycles. The minimum absolute atomic E-state index is 0.375. The molecule has 0 N–H and O–H groups in total. The van der Waals surface area contributed by atoms with Crippen LogP contribution in [0.4, 0.5) is 0 Å². The van der Waals surface area contributed by atoms with Crippen LogP contribution in [0.25, 0.3) is 0 Å². The Kier molecular flexibility index (Phi) is 8.28. The molecule has 0 radical (unpaired) electrons. The minimum atomic E-state index is 0.375. The molecule has 1 aromatic rings. The van der Waals surface area contributed by atoms with Crippen LogP contribution in [-0.2, 0) is 11.2 Å². The van der Waals surface area contributed by atoms with Gasteiger partial charge in [0.15, 0.2) is 0 Å². The van der Waals surface area contributed by atoms with Gasteiger partial charge in [0.05, 0.1) is 6.26 Å². The monoisotopic (exact) mass is 250 g/mol. The Morgan fingerprint density at radius 3 is 2.44 bits per heavy atom. The summed E-state index contributed by atoms with van der Waals surface area (Å²) in [7, 11) is 0. The maximum absolute atomic E-state index is 11.6. The number of carbonyl (C=O) groups excluding carboxylic acids is 1. The molecule has 0 spiro atoms. The molecule has 18 heavy (non-hydrogen) atoms. The van der Waals surface area contributed by atoms with Gasteiger partial charge in [-0.3, -0.25) is 4.79 Å². The van der Waals surface area contributed by atoms with E-state index in [-0.39, 0.29) is 0 Å². The van der Waals surface area contributed by atoms with Crippen LogP contribution in [0.15, 0.2) is 22.8 Å². The molecule has 0 unspecified atom stereocenters. The molecule has 0 fully saturated rings. The lowest BCUT2D eigenvalue weighted by Gasteiger charge is -2.01. The van der Waals surface area contributed by atoms with E-state index in [1.807, 2.05) is 12.1 Å². The Labute approximate surface area is 111 Å². The Bertz CT molecular complexity index is 301. The lowest BCUT2D eigenvalue weighted by atomic mass is 10.0. The fourth-order valence-corrected chi connectivity index (χ4v) is 2.12. The van der Waals surface area contributed by atoms with Gasteiger partial charge in [-0.1, -0.05) is 45.4 Å². The normalized spacial score (nSPS) is 10.7. The van der Waals surface area contributed by atoms with Gasteiger partial charge >= 0.3 is 0 Å². The molecule has 0 saturated heterocycles. The molecule has 1 rings (SSSR count). The molecule has 0 atom stereocenters. The number of hydrogen-bond acceptors (Lipinski definition) is 2. The van der Waals surface area contributed by atoms with Crippen LogP contribution < -0.4 is 0 Å². The summed E-state index contributed by atoms with van der Waals surface area (Å²) >= 11 is 0. The molecular weight excluding hydrogens is 224 g/mol. The van der Waals surface area contributed by atoms with E-state index >= 15 is 0 Å². The highest BCUT2D eigenvalue weighted by atomic mass is 16.3. The van der Waals surface area contributed by atoms with Crippen molar-refractivity contribution in [1.29, 1.82) is 0 Å². The first-order valence-corrected chi connectivity index (χ1v) is 7.37. The number of rotatable bonds is 11. The maximum atomic E-state index is 11.6. The molecule has 0 aliphatic heterocycles. The second-order valence-corrected chi connectivity index (χ2v) is 4.99. The van der Waals surface area contributed by atoms with E-state index in [4.69, 9.17) is 4.42 Å². The van der Waals surface area contributed by atoms with Crippen molar-refractivity contribution in [2.75, 3.05) is 0 Å². The SMILES string of the molecule is CCCCCCCCCC(=O)CCc1ccco1. The van der Waals surface area contributed by atoms with Crippen LogP contribution >= 0.6 is 0 Å². The Morgan fingerprint density at radius 2 is 1.78 bits per heavy atom. The third-order valence-corrected chi connectivity index (χ3v) is 3.29. The highest BCUT2D eigenvalue weighted by Gasteiger charge is 2.04. The van der Waals surface area contributed by atoms with Gasteiger partial charge in [0, 0.05) is 19.3 Å². The summed E-state index contributed by atoms with van der Waals surface area (Å²) in [4.78, 5) is 11.6. The van der Waals surface area contributed by atoms with Gasteiger partial charge < -0.3 is 4.42 Å².